The number of aryl methyl sites for hydroxylation is 4. The number of fused-ring (bicyclic) bond motifs is 3. The lowest BCUT2D eigenvalue weighted by Gasteiger charge is -2.15. The van der Waals surface area contributed by atoms with E-state index in [1.165, 1.54) is 34.4 Å². The van der Waals surface area contributed by atoms with E-state index in [9.17, 15) is 4.79 Å². The summed E-state index contributed by atoms with van der Waals surface area (Å²) < 4.78 is 1.85. The zero-order chi connectivity index (χ0) is 19.1. The summed E-state index contributed by atoms with van der Waals surface area (Å²) in [5.41, 5.74) is 4.74. The van der Waals surface area contributed by atoms with Crippen molar-refractivity contribution in [1.29, 1.82) is 0 Å². The van der Waals surface area contributed by atoms with Gasteiger partial charge in [-0.2, -0.15) is 0 Å². The molecule has 0 saturated carbocycles. The number of benzene rings is 1. The minimum absolute atomic E-state index is 0.105. The number of nitrogens with zero attached hydrogens (tertiary/aromatic N) is 2. The van der Waals surface area contributed by atoms with Crippen LogP contribution in [0.2, 0.25) is 0 Å². The van der Waals surface area contributed by atoms with Gasteiger partial charge in [-0.05, 0) is 74.3 Å². The molecule has 2 heterocycles. The number of rotatable bonds is 4. The van der Waals surface area contributed by atoms with Gasteiger partial charge in [0.05, 0.1) is 11.1 Å². The summed E-state index contributed by atoms with van der Waals surface area (Å²) in [4.78, 5) is 20.9. The van der Waals surface area contributed by atoms with E-state index in [1.807, 2.05) is 4.57 Å². The van der Waals surface area contributed by atoms with Crippen molar-refractivity contribution in [3.8, 4) is 5.69 Å². The minimum atomic E-state index is 0.105. The van der Waals surface area contributed by atoms with Gasteiger partial charge in [-0.25, -0.2) is 4.98 Å². The Morgan fingerprint density at radius 1 is 1.19 bits per heavy atom. The van der Waals surface area contributed by atoms with Crippen LogP contribution < -0.4 is 5.56 Å². The zero-order valence-electron chi connectivity index (χ0n) is 16.5. The monoisotopic (exact) mass is 398 g/mol. The molecule has 0 unspecified atom stereocenters. The summed E-state index contributed by atoms with van der Waals surface area (Å²) in [6, 6.07) is 6.26. The molecule has 5 heteroatoms. The van der Waals surface area contributed by atoms with Gasteiger partial charge in [-0.1, -0.05) is 31.7 Å². The molecule has 142 valence electrons. The maximum atomic E-state index is 13.6. The zero-order valence-corrected chi connectivity index (χ0v) is 18.1. The van der Waals surface area contributed by atoms with Crippen LogP contribution in [0.25, 0.3) is 15.9 Å². The molecule has 0 saturated heterocycles. The molecule has 0 N–H and O–H groups in total. The van der Waals surface area contributed by atoms with Crippen molar-refractivity contribution in [2.75, 3.05) is 5.75 Å². The Labute approximate surface area is 168 Å². The van der Waals surface area contributed by atoms with Crippen molar-refractivity contribution < 1.29 is 0 Å². The van der Waals surface area contributed by atoms with Crippen molar-refractivity contribution in [3.63, 3.8) is 0 Å². The van der Waals surface area contributed by atoms with E-state index in [2.05, 4.69) is 45.9 Å². The fourth-order valence-corrected chi connectivity index (χ4v) is 5.88. The Morgan fingerprint density at radius 3 is 2.70 bits per heavy atom. The quantitative estimate of drug-likeness (QED) is 0.418. The first-order chi connectivity index (χ1) is 13.0. The first-order valence-corrected chi connectivity index (χ1v) is 11.5. The molecule has 1 aromatic carbocycles. The summed E-state index contributed by atoms with van der Waals surface area (Å²) in [6.45, 7) is 8.61. The predicted octanol–water partition coefficient (Wildman–Crippen LogP) is 5.69. The molecule has 1 aliphatic rings. The highest BCUT2D eigenvalue weighted by Gasteiger charge is 2.23. The number of aromatic nitrogens is 2. The van der Waals surface area contributed by atoms with Gasteiger partial charge >= 0.3 is 0 Å². The molecule has 27 heavy (non-hydrogen) atoms. The summed E-state index contributed by atoms with van der Waals surface area (Å²) in [5.74, 6) is 1.50. The number of hydrogen-bond donors (Lipinski definition) is 0. The van der Waals surface area contributed by atoms with Gasteiger partial charge in [0.25, 0.3) is 5.56 Å². The van der Waals surface area contributed by atoms with Crippen LogP contribution in [0.4, 0.5) is 0 Å². The molecule has 4 rings (SSSR count). The third-order valence-electron chi connectivity index (χ3n) is 5.25. The first kappa shape index (κ1) is 18.8. The number of hydrogen-bond acceptors (Lipinski definition) is 4. The third kappa shape index (κ3) is 3.47. The predicted molar refractivity (Wildman–Crippen MR) is 117 cm³/mol. The van der Waals surface area contributed by atoms with Crippen LogP contribution in [0.15, 0.2) is 28.2 Å². The van der Waals surface area contributed by atoms with Crippen LogP contribution in [-0.2, 0) is 12.8 Å². The lowest BCUT2D eigenvalue weighted by Crippen LogP contribution is -2.22. The largest absolute Gasteiger partial charge is 0.268 e. The average Bonchev–Trinajstić information content (AvgIpc) is 3.01. The van der Waals surface area contributed by atoms with E-state index >= 15 is 0 Å². The molecule has 2 aromatic heterocycles. The normalized spacial score (nSPS) is 14.1. The summed E-state index contributed by atoms with van der Waals surface area (Å²) >= 11 is 3.43. The van der Waals surface area contributed by atoms with E-state index in [1.54, 1.807) is 23.1 Å². The second-order valence-electron chi connectivity index (χ2n) is 7.90. The van der Waals surface area contributed by atoms with Gasteiger partial charge < -0.3 is 0 Å². The van der Waals surface area contributed by atoms with Gasteiger partial charge in [-0.3, -0.25) is 9.36 Å². The van der Waals surface area contributed by atoms with Crippen LogP contribution in [0.5, 0.6) is 0 Å². The van der Waals surface area contributed by atoms with Crippen LogP contribution in [0.1, 0.15) is 48.3 Å². The summed E-state index contributed by atoms with van der Waals surface area (Å²) in [7, 11) is 0. The van der Waals surface area contributed by atoms with Gasteiger partial charge in [0.2, 0.25) is 0 Å². The van der Waals surface area contributed by atoms with E-state index < -0.39 is 0 Å². The number of thiophene rings is 1. The van der Waals surface area contributed by atoms with Crippen molar-refractivity contribution >= 4 is 33.3 Å². The Balaban J connectivity index is 1.97. The lowest BCUT2D eigenvalue weighted by molar-refractivity contribution is 0.699. The summed E-state index contributed by atoms with van der Waals surface area (Å²) in [6.07, 6.45) is 4.50. The van der Waals surface area contributed by atoms with Gasteiger partial charge in [-0.15, -0.1) is 11.3 Å². The molecule has 3 nitrogen and oxygen atoms in total. The molecule has 0 aliphatic heterocycles. The fourth-order valence-electron chi connectivity index (χ4n) is 3.62. The summed E-state index contributed by atoms with van der Waals surface area (Å²) in [5, 5.41) is 1.69. The molecule has 3 aromatic rings. The smallest absolute Gasteiger partial charge is 0.267 e. The van der Waals surface area contributed by atoms with Crippen LogP contribution in [-0.4, -0.2) is 15.3 Å². The van der Waals surface area contributed by atoms with Gasteiger partial charge in [0, 0.05) is 10.6 Å². The van der Waals surface area contributed by atoms with Crippen LogP contribution >= 0.6 is 23.1 Å². The molecule has 0 fully saturated rings. The molecule has 0 bridgehead atoms. The van der Waals surface area contributed by atoms with Gasteiger partial charge in [0.1, 0.15) is 4.83 Å². The van der Waals surface area contributed by atoms with Crippen molar-refractivity contribution in [2.24, 2.45) is 5.92 Å². The molecular formula is C22H26N2OS2. The van der Waals surface area contributed by atoms with E-state index in [0.29, 0.717) is 5.92 Å². The topological polar surface area (TPSA) is 34.9 Å². The Morgan fingerprint density at radius 2 is 1.96 bits per heavy atom. The lowest BCUT2D eigenvalue weighted by atomic mass is 9.97. The van der Waals surface area contributed by atoms with Crippen molar-refractivity contribution in [3.05, 3.63) is 50.1 Å². The molecule has 0 amide bonds. The average molecular weight is 399 g/mol. The Bertz CT molecular complexity index is 1060. The minimum Gasteiger partial charge on any atom is -0.268 e. The molecular weight excluding hydrogens is 372 g/mol. The number of thioether (sulfide) groups is 1. The third-order valence-corrected chi connectivity index (χ3v) is 7.80. The van der Waals surface area contributed by atoms with E-state index in [4.69, 9.17) is 4.98 Å². The molecule has 0 radical (unpaired) electrons. The second-order valence-corrected chi connectivity index (χ2v) is 9.97. The SMILES string of the molecule is Cc1ccc(-n2c(SCC(C)C)nc3sc4c(c3c2=O)CCCC4)cc1C. The van der Waals surface area contributed by atoms with Crippen molar-refractivity contribution in [2.45, 2.75) is 58.5 Å². The Hall–Kier alpha value is -1.59. The maximum absolute atomic E-state index is 13.6. The van der Waals surface area contributed by atoms with E-state index in [0.717, 1.165) is 39.7 Å². The first-order valence-electron chi connectivity index (χ1n) is 9.73. The molecule has 1 aliphatic carbocycles. The van der Waals surface area contributed by atoms with Crippen LogP contribution in [0, 0.1) is 19.8 Å². The van der Waals surface area contributed by atoms with Crippen molar-refractivity contribution in [1.82, 2.24) is 9.55 Å². The standard InChI is InChI=1S/C22H26N2OS2/c1-13(2)12-26-22-23-20-19(17-7-5-6-8-18(17)27-20)21(25)24(22)16-10-9-14(3)15(4)11-16/h9-11,13H,5-8,12H2,1-4H3. The highest BCUT2D eigenvalue weighted by atomic mass is 32.2. The van der Waals surface area contributed by atoms with Crippen LogP contribution in [0.3, 0.4) is 0 Å². The highest BCUT2D eigenvalue weighted by molar-refractivity contribution is 7.99. The van der Waals surface area contributed by atoms with Gasteiger partial charge in [0.15, 0.2) is 5.16 Å². The highest BCUT2D eigenvalue weighted by Crippen LogP contribution is 2.35. The maximum Gasteiger partial charge on any atom is 0.267 e. The fraction of sp³-hybridized carbons (Fsp3) is 0.455. The van der Waals surface area contributed by atoms with E-state index in [-0.39, 0.29) is 5.56 Å². The molecule has 0 spiro atoms. The Kier molecular flexibility index (Phi) is 5.17. The second kappa shape index (κ2) is 7.44. The molecule has 0 atom stereocenters.